The lowest BCUT2D eigenvalue weighted by molar-refractivity contribution is -0.131. The molecule has 0 amide bonds. The number of ether oxygens (including phenoxy) is 2. The van der Waals surface area contributed by atoms with Crippen LogP contribution in [0.5, 0.6) is 0 Å². The lowest BCUT2D eigenvalue weighted by Crippen LogP contribution is -2.59. The van der Waals surface area contributed by atoms with Crippen LogP contribution in [0.3, 0.4) is 0 Å². The van der Waals surface area contributed by atoms with Crippen LogP contribution in [-0.4, -0.2) is 37.0 Å². The monoisotopic (exact) mass is 258 g/mol. The van der Waals surface area contributed by atoms with Gasteiger partial charge < -0.3 is 19.8 Å². The third-order valence-electron chi connectivity index (χ3n) is 3.03. The minimum Gasteiger partial charge on any atom is -0.377 e. The maximum Gasteiger partial charge on any atom is 0.304 e. The van der Waals surface area contributed by atoms with E-state index in [0.29, 0.717) is 12.6 Å². The Morgan fingerprint density at radius 3 is 3.06 bits per heavy atom. The number of methoxy groups -OCH3 is 1. The predicted octanol–water partition coefficient (Wildman–Crippen LogP) is 0.718. The van der Waals surface area contributed by atoms with Crippen molar-refractivity contribution in [3.63, 3.8) is 0 Å². The number of hydrogen-bond acceptors (Lipinski definition) is 5. The number of hydrogen-bond donors (Lipinski definition) is 2. The van der Waals surface area contributed by atoms with E-state index in [1.807, 2.05) is 12.3 Å². The molecule has 1 fully saturated rings. The van der Waals surface area contributed by atoms with E-state index in [2.05, 4.69) is 10.3 Å². The zero-order valence-corrected chi connectivity index (χ0v) is 10.9. The van der Waals surface area contributed by atoms with E-state index >= 15 is 0 Å². The summed E-state index contributed by atoms with van der Waals surface area (Å²) >= 11 is 1.19. The number of H-pyrrole nitrogens is 1. The van der Waals surface area contributed by atoms with E-state index < -0.39 is 0 Å². The van der Waals surface area contributed by atoms with Crippen LogP contribution in [-0.2, 0) is 16.0 Å². The Labute approximate surface area is 104 Å². The molecule has 1 heterocycles. The molecule has 0 aliphatic heterocycles. The summed E-state index contributed by atoms with van der Waals surface area (Å²) in [5.41, 5.74) is 0.926. The molecule has 0 aromatic carbocycles. The Bertz CT molecular complexity index is 403. The molecule has 1 aliphatic rings. The first kappa shape index (κ1) is 12.8. The van der Waals surface area contributed by atoms with E-state index in [4.69, 9.17) is 9.47 Å². The van der Waals surface area contributed by atoms with Crippen LogP contribution in [0.15, 0.2) is 10.2 Å². The van der Waals surface area contributed by atoms with Crippen LogP contribution in [0.25, 0.3) is 0 Å². The number of aromatic nitrogens is 1. The molecule has 0 saturated heterocycles. The largest absolute Gasteiger partial charge is 0.377 e. The highest BCUT2D eigenvalue weighted by atomic mass is 32.1. The van der Waals surface area contributed by atoms with Crippen molar-refractivity contribution in [1.82, 2.24) is 10.3 Å². The third-order valence-corrected chi connectivity index (χ3v) is 3.75. The smallest absolute Gasteiger partial charge is 0.304 e. The van der Waals surface area contributed by atoms with E-state index in [0.717, 1.165) is 18.7 Å². The quantitative estimate of drug-likeness (QED) is 0.789. The third kappa shape index (κ3) is 2.95. The number of nitrogens with one attached hydrogen (secondary N) is 2. The van der Waals surface area contributed by atoms with Gasteiger partial charge in [0.15, 0.2) is 0 Å². The Morgan fingerprint density at radius 2 is 2.47 bits per heavy atom. The van der Waals surface area contributed by atoms with Gasteiger partial charge in [-0.25, -0.2) is 0 Å². The van der Waals surface area contributed by atoms with Gasteiger partial charge in [0, 0.05) is 37.4 Å². The summed E-state index contributed by atoms with van der Waals surface area (Å²) in [5.74, 6) is 0. The average molecular weight is 258 g/mol. The molecule has 3 atom stereocenters. The average Bonchev–Trinajstić information content (AvgIpc) is 2.69. The first-order valence-electron chi connectivity index (χ1n) is 5.79. The van der Waals surface area contributed by atoms with Gasteiger partial charge in [-0.1, -0.05) is 11.3 Å². The molecule has 0 bridgehead atoms. The van der Waals surface area contributed by atoms with Crippen LogP contribution < -0.4 is 10.2 Å². The summed E-state index contributed by atoms with van der Waals surface area (Å²) in [5, 5.41) is 5.21. The fourth-order valence-corrected chi connectivity index (χ4v) is 2.70. The van der Waals surface area contributed by atoms with Gasteiger partial charge in [0.1, 0.15) is 0 Å². The molecule has 96 valence electrons. The maximum atomic E-state index is 11.0. The molecule has 2 rings (SSSR count). The molecule has 17 heavy (non-hydrogen) atoms. The minimum absolute atomic E-state index is 0.00843. The van der Waals surface area contributed by atoms with Crippen molar-refractivity contribution in [3.05, 3.63) is 20.7 Å². The van der Waals surface area contributed by atoms with E-state index in [1.54, 1.807) is 7.11 Å². The molecule has 1 aromatic heterocycles. The molecule has 1 saturated carbocycles. The molecule has 3 unspecified atom stereocenters. The molecule has 1 aromatic rings. The summed E-state index contributed by atoms with van der Waals surface area (Å²) < 4.78 is 10.9. The summed E-state index contributed by atoms with van der Waals surface area (Å²) in [7, 11) is 1.71. The van der Waals surface area contributed by atoms with Crippen LogP contribution >= 0.6 is 11.3 Å². The van der Waals surface area contributed by atoms with Crippen molar-refractivity contribution in [1.29, 1.82) is 0 Å². The summed E-state index contributed by atoms with van der Waals surface area (Å²) in [4.78, 5) is 13.7. The van der Waals surface area contributed by atoms with Crippen molar-refractivity contribution in [2.75, 3.05) is 13.7 Å². The van der Waals surface area contributed by atoms with E-state index in [-0.39, 0.29) is 17.1 Å². The lowest BCUT2D eigenvalue weighted by Gasteiger charge is -2.43. The minimum atomic E-state index is -0.00843. The molecular weight excluding hydrogens is 240 g/mol. The highest BCUT2D eigenvalue weighted by Gasteiger charge is 2.41. The normalized spacial score (nSPS) is 28.0. The summed E-state index contributed by atoms with van der Waals surface area (Å²) in [6.45, 7) is 3.38. The zero-order chi connectivity index (χ0) is 12.3. The van der Waals surface area contributed by atoms with Crippen LogP contribution in [0, 0.1) is 0 Å². The SMILES string of the molecule is CCOC1CC(NCc2csc(=O)[nH]2)C1OC. The molecule has 6 heteroatoms. The Balaban J connectivity index is 1.79. The second kappa shape index (κ2) is 5.77. The van der Waals surface area contributed by atoms with Gasteiger partial charge in [0.2, 0.25) is 0 Å². The summed E-state index contributed by atoms with van der Waals surface area (Å²) in [6.07, 6.45) is 1.27. The van der Waals surface area contributed by atoms with Gasteiger partial charge in [-0.2, -0.15) is 0 Å². The molecular formula is C11H18N2O3S. The van der Waals surface area contributed by atoms with Crippen molar-refractivity contribution < 1.29 is 9.47 Å². The molecule has 1 aliphatic carbocycles. The Morgan fingerprint density at radius 1 is 1.65 bits per heavy atom. The highest BCUT2D eigenvalue weighted by molar-refractivity contribution is 7.07. The number of rotatable bonds is 6. The first-order valence-corrected chi connectivity index (χ1v) is 6.67. The van der Waals surface area contributed by atoms with Gasteiger partial charge in [-0.15, -0.1) is 0 Å². The lowest BCUT2D eigenvalue weighted by atomic mass is 9.85. The summed E-state index contributed by atoms with van der Waals surface area (Å²) in [6, 6.07) is 0.306. The van der Waals surface area contributed by atoms with Crippen LogP contribution in [0.4, 0.5) is 0 Å². The topological polar surface area (TPSA) is 63.3 Å². The molecule has 0 spiro atoms. The van der Waals surface area contributed by atoms with Gasteiger partial charge in [0.25, 0.3) is 0 Å². The standard InChI is InChI=1S/C11H18N2O3S/c1-3-16-9-4-8(10(9)15-2)12-5-7-6-17-11(14)13-7/h6,8-10,12H,3-5H2,1-2H3,(H,13,14). The van der Waals surface area contributed by atoms with Gasteiger partial charge in [-0.3, -0.25) is 4.79 Å². The number of aromatic amines is 1. The molecule has 5 nitrogen and oxygen atoms in total. The molecule has 0 radical (unpaired) electrons. The van der Waals surface area contributed by atoms with Gasteiger partial charge in [-0.05, 0) is 13.3 Å². The first-order chi connectivity index (χ1) is 8.24. The second-order valence-electron chi connectivity index (χ2n) is 4.09. The molecule has 2 N–H and O–H groups in total. The van der Waals surface area contributed by atoms with Crippen molar-refractivity contribution >= 4 is 11.3 Å². The Hall–Kier alpha value is -0.690. The van der Waals surface area contributed by atoms with E-state index in [9.17, 15) is 4.79 Å². The van der Waals surface area contributed by atoms with Gasteiger partial charge in [0.05, 0.1) is 12.2 Å². The Kier molecular flexibility index (Phi) is 4.33. The maximum absolute atomic E-state index is 11.0. The number of thiazole rings is 1. The predicted molar refractivity (Wildman–Crippen MR) is 66.4 cm³/mol. The van der Waals surface area contributed by atoms with Crippen LogP contribution in [0.2, 0.25) is 0 Å². The fourth-order valence-electron chi connectivity index (χ4n) is 2.12. The fraction of sp³-hybridized carbons (Fsp3) is 0.727. The van der Waals surface area contributed by atoms with Crippen molar-refractivity contribution in [2.45, 2.75) is 38.1 Å². The highest BCUT2D eigenvalue weighted by Crippen LogP contribution is 2.27. The van der Waals surface area contributed by atoms with Crippen molar-refractivity contribution in [2.24, 2.45) is 0 Å². The van der Waals surface area contributed by atoms with E-state index in [1.165, 1.54) is 11.3 Å². The zero-order valence-electron chi connectivity index (χ0n) is 10.1. The second-order valence-corrected chi connectivity index (χ2v) is 4.93. The van der Waals surface area contributed by atoms with Crippen molar-refractivity contribution in [3.8, 4) is 0 Å². The van der Waals surface area contributed by atoms with Crippen LogP contribution in [0.1, 0.15) is 19.0 Å². The van der Waals surface area contributed by atoms with Gasteiger partial charge >= 0.3 is 4.87 Å².